The van der Waals surface area contributed by atoms with Crippen LogP contribution >= 0.6 is 15.9 Å². The van der Waals surface area contributed by atoms with Gasteiger partial charge in [0.1, 0.15) is 11.9 Å². The minimum atomic E-state index is -1.05. The molecular formula is C13H13BrFNO. The predicted molar refractivity (Wildman–Crippen MR) is 65.6 cm³/mol. The second kappa shape index (κ2) is 4.75. The maximum Gasteiger partial charge on any atom is 0.129 e. The van der Waals surface area contributed by atoms with Gasteiger partial charge >= 0.3 is 0 Å². The molecule has 0 heterocycles. The molecule has 1 aromatic rings. The average molecular weight is 298 g/mol. The van der Waals surface area contributed by atoms with E-state index in [4.69, 9.17) is 0 Å². The van der Waals surface area contributed by atoms with Crippen molar-refractivity contribution < 1.29 is 9.50 Å². The van der Waals surface area contributed by atoms with E-state index in [-0.39, 0.29) is 5.56 Å². The molecule has 2 rings (SSSR count). The minimum absolute atomic E-state index is 0.211. The molecule has 1 aromatic carbocycles. The Morgan fingerprint density at radius 1 is 1.41 bits per heavy atom. The SMILES string of the molecule is N#CC1(C(O)c2cc(Br)ccc2F)CCCC1. The van der Waals surface area contributed by atoms with Crippen LogP contribution in [0.1, 0.15) is 37.4 Å². The third-order valence-corrected chi connectivity index (χ3v) is 3.99. The molecule has 1 aliphatic rings. The first-order valence-electron chi connectivity index (χ1n) is 5.63. The number of nitrogens with zero attached hydrogens (tertiary/aromatic N) is 1. The van der Waals surface area contributed by atoms with Gasteiger partial charge in [-0.25, -0.2) is 4.39 Å². The summed E-state index contributed by atoms with van der Waals surface area (Å²) >= 11 is 3.25. The second-order valence-electron chi connectivity index (χ2n) is 4.54. The minimum Gasteiger partial charge on any atom is -0.387 e. The molecule has 0 spiro atoms. The Morgan fingerprint density at radius 2 is 2.06 bits per heavy atom. The van der Waals surface area contributed by atoms with Crippen LogP contribution in [0.15, 0.2) is 22.7 Å². The van der Waals surface area contributed by atoms with Crippen molar-refractivity contribution in [1.82, 2.24) is 0 Å². The Labute approximate surface area is 108 Å². The monoisotopic (exact) mass is 297 g/mol. The van der Waals surface area contributed by atoms with Crippen LogP contribution in [0, 0.1) is 22.6 Å². The van der Waals surface area contributed by atoms with E-state index in [1.165, 1.54) is 6.07 Å². The van der Waals surface area contributed by atoms with Gasteiger partial charge in [0.15, 0.2) is 0 Å². The number of aliphatic hydroxyl groups is 1. The van der Waals surface area contributed by atoms with E-state index in [9.17, 15) is 14.8 Å². The van der Waals surface area contributed by atoms with Crippen molar-refractivity contribution in [3.63, 3.8) is 0 Å². The fourth-order valence-electron chi connectivity index (χ4n) is 2.47. The van der Waals surface area contributed by atoms with Crippen LogP contribution in [0.25, 0.3) is 0 Å². The fourth-order valence-corrected chi connectivity index (χ4v) is 2.85. The molecule has 0 amide bonds. The lowest BCUT2D eigenvalue weighted by Gasteiger charge is -2.27. The van der Waals surface area contributed by atoms with Gasteiger partial charge in [-0.1, -0.05) is 28.8 Å². The molecule has 2 nitrogen and oxygen atoms in total. The van der Waals surface area contributed by atoms with E-state index in [2.05, 4.69) is 22.0 Å². The molecule has 1 fully saturated rings. The summed E-state index contributed by atoms with van der Waals surface area (Å²) in [5, 5.41) is 19.6. The number of nitriles is 1. The Bertz CT molecular complexity index is 463. The van der Waals surface area contributed by atoms with Crippen LogP contribution in [0.2, 0.25) is 0 Å². The van der Waals surface area contributed by atoms with Crippen molar-refractivity contribution in [1.29, 1.82) is 5.26 Å². The van der Waals surface area contributed by atoms with E-state index in [0.717, 1.165) is 12.8 Å². The highest BCUT2D eigenvalue weighted by Crippen LogP contribution is 2.47. The lowest BCUT2D eigenvalue weighted by molar-refractivity contribution is 0.0638. The first-order chi connectivity index (χ1) is 8.09. The number of rotatable bonds is 2. The molecule has 0 saturated heterocycles. The Morgan fingerprint density at radius 3 is 2.65 bits per heavy atom. The van der Waals surface area contributed by atoms with Crippen LogP contribution in [-0.4, -0.2) is 5.11 Å². The highest BCUT2D eigenvalue weighted by molar-refractivity contribution is 9.10. The topological polar surface area (TPSA) is 44.0 Å². The van der Waals surface area contributed by atoms with Gasteiger partial charge < -0.3 is 5.11 Å². The molecule has 1 aliphatic carbocycles. The van der Waals surface area contributed by atoms with E-state index in [1.54, 1.807) is 12.1 Å². The Balaban J connectivity index is 2.39. The van der Waals surface area contributed by atoms with Gasteiger partial charge in [-0.15, -0.1) is 0 Å². The molecular weight excluding hydrogens is 285 g/mol. The van der Waals surface area contributed by atoms with Crippen molar-refractivity contribution in [3.8, 4) is 6.07 Å². The second-order valence-corrected chi connectivity index (χ2v) is 5.46. The predicted octanol–water partition coefficient (Wildman–Crippen LogP) is 3.71. The standard InChI is InChI=1S/C13H13BrFNO/c14-9-3-4-11(15)10(7-9)12(17)13(8-16)5-1-2-6-13/h3-4,7,12,17H,1-2,5-6H2. The van der Waals surface area contributed by atoms with Crippen LogP contribution in [0.5, 0.6) is 0 Å². The summed E-state index contributed by atoms with van der Waals surface area (Å²) in [7, 11) is 0. The molecule has 1 saturated carbocycles. The molecule has 4 heteroatoms. The van der Waals surface area contributed by atoms with Crippen molar-refractivity contribution in [2.75, 3.05) is 0 Å². The zero-order chi connectivity index (χ0) is 12.5. The number of halogens is 2. The lowest BCUT2D eigenvalue weighted by atomic mass is 9.78. The fraction of sp³-hybridized carbons (Fsp3) is 0.462. The van der Waals surface area contributed by atoms with Gasteiger partial charge in [-0.2, -0.15) is 5.26 Å². The zero-order valence-corrected chi connectivity index (χ0v) is 10.9. The third kappa shape index (κ3) is 2.22. The molecule has 0 bridgehead atoms. The molecule has 0 aromatic heterocycles. The van der Waals surface area contributed by atoms with E-state index >= 15 is 0 Å². The van der Waals surface area contributed by atoms with Crippen LogP contribution in [0.4, 0.5) is 4.39 Å². The Hall–Kier alpha value is -0.920. The molecule has 17 heavy (non-hydrogen) atoms. The summed E-state index contributed by atoms with van der Waals surface area (Å²) in [6.07, 6.45) is 2.06. The highest BCUT2D eigenvalue weighted by atomic mass is 79.9. The average Bonchev–Trinajstić information content (AvgIpc) is 2.81. The molecule has 1 atom stereocenters. The van der Waals surface area contributed by atoms with Crippen molar-refractivity contribution in [3.05, 3.63) is 34.1 Å². The molecule has 1 unspecified atom stereocenters. The number of hydrogen-bond acceptors (Lipinski definition) is 2. The first kappa shape index (κ1) is 12.5. The maximum absolute atomic E-state index is 13.7. The summed E-state index contributed by atoms with van der Waals surface area (Å²) in [4.78, 5) is 0. The van der Waals surface area contributed by atoms with Gasteiger partial charge in [0.2, 0.25) is 0 Å². The number of aliphatic hydroxyl groups excluding tert-OH is 1. The number of benzene rings is 1. The third-order valence-electron chi connectivity index (χ3n) is 3.49. The van der Waals surface area contributed by atoms with Gasteiger partial charge in [0, 0.05) is 10.0 Å². The van der Waals surface area contributed by atoms with E-state index < -0.39 is 17.3 Å². The van der Waals surface area contributed by atoms with Gasteiger partial charge in [-0.3, -0.25) is 0 Å². The van der Waals surface area contributed by atoms with Crippen LogP contribution < -0.4 is 0 Å². The highest BCUT2D eigenvalue weighted by Gasteiger charge is 2.42. The number of hydrogen-bond donors (Lipinski definition) is 1. The normalized spacial score (nSPS) is 19.9. The quantitative estimate of drug-likeness (QED) is 0.904. The Kier molecular flexibility index (Phi) is 3.50. The summed E-state index contributed by atoms with van der Waals surface area (Å²) < 4.78 is 14.4. The van der Waals surface area contributed by atoms with Crippen molar-refractivity contribution in [2.24, 2.45) is 5.41 Å². The summed E-state index contributed by atoms with van der Waals surface area (Å²) in [6, 6.07) is 6.63. The van der Waals surface area contributed by atoms with Gasteiger partial charge in [0.25, 0.3) is 0 Å². The molecule has 0 aliphatic heterocycles. The molecule has 1 N–H and O–H groups in total. The maximum atomic E-state index is 13.7. The summed E-state index contributed by atoms with van der Waals surface area (Å²) in [5.41, 5.74) is -0.607. The van der Waals surface area contributed by atoms with Crippen LogP contribution in [0.3, 0.4) is 0 Å². The van der Waals surface area contributed by atoms with E-state index in [0.29, 0.717) is 17.3 Å². The molecule has 0 radical (unpaired) electrons. The zero-order valence-electron chi connectivity index (χ0n) is 9.29. The van der Waals surface area contributed by atoms with Crippen molar-refractivity contribution >= 4 is 15.9 Å². The smallest absolute Gasteiger partial charge is 0.129 e. The molecule has 90 valence electrons. The van der Waals surface area contributed by atoms with Crippen LogP contribution in [-0.2, 0) is 0 Å². The lowest BCUT2D eigenvalue weighted by Crippen LogP contribution is -2.24. The van der Waals surface area contributed by atoms with E-state index in [1.807, 2.05) is 0 Å². The van der Waals surface area contributed by atoms with Gasteiger partial charge in [0.05, 0.1) is 11.5 Å². The first-order valence-corrected chi connectivity index (χ1v) is 6.43. The van der Waals surface area contributed by atoms with Crippen molar-refractivity contribution in [2.45, 2.75) is 31.8 Å². The van der Waals surface area contributed by atoms with Gasteiger partial charge in [-0.05, 0) is 31.0 Å². The summed E-state index contributed by atoms with van der Waals surface area (Å²) in [6.45, 7) is 0. The largest absolute Gasteiger partial charge is 0.387 e. The summed E-state index contributed by atoms with van der Waals surface area (Å²) in [5.74, 6) is -0.456.